The third kappa shape index (κ3) is 56.0. The first-order valence-electron chi connectivity index (χ1n) is 37.0. The average molecular weight is 1510 g/mol. The number of likely N-dealkylation sites (N-methyl/N-ethyl adjacent to an activating group) is 2. The molecular weight excluding hydrogens is 1370 g/mol. The van der Waals surface area contributed by atoms with Crippen LogP contribution in [0.3, 0.4) is 0 Å². The summed E-state index contributed by atoms with van der Waals surface area (Å²) in [5.41, 5.74) is 7.83. The number of ether oxygens (including phenoxy) is 5. The number of carboxylic acid groups (broad SMARTS) is 1. The molecule has 600 valence electrons. The predicted molar refractivity (Wildman–Crippen MR) is 417 cm³/mol. The number of hydrogen-bond donors (Lipinski definition) is 3. The Morgan fingerprint density at radius 3 is 1.18 bits per heavy atom. The fourth-order valence-corrected chi connectivity index (χ4v) is 10.7. The zero-order valence-electron chi connectivity index (χ0n) is 65.8. The topological polar surface area (TPSA) is 290 Å². The molecule has 0 aliphatic carbocycles. The van der Waals surface area contributed by atoms with E-state index in [1.807, 2.05) is 122 Å². The van der Waals surface area contributed by atoms with Gasteiger partial charge in [-0.3, -0.25) is 14.4 Å². The van der Waals surface area contributed by atoms with Crippen LogP contribution in [0.5, 0.6) is 0 Å². The number of benzene rings is 3. The molecule has 0 atom stereocenters. The number of carbonyl (C=O) groups is 8. The molecule has 0 saturated carbocycles. The molecule has 2 radical (unpaired) electrons. The number of rotatable bonds is 27. The Bertz CT molecular complexity index is 2610. The maximum atomic E-state index is 12.8. The molecule has 0 unspecified atom stereocenters. The number of aldehydes is 1. The van der Waals surface area contributed by atoms with Crippen molar-refractivity contribution >= 4 is 56.3 Å². The molecule has 0 bridgehead atoms. The maximum absolute atomic E-state index is 12.8. The van der Waals surface area contributed by atoms with Crippen LogP contribution in [0, 0.1) is 17.8 Å². The van der Waals surface area contributed by atoms with Crippen LogP contribution in [0.1, 0.15) is 185 Å². The second kappa shape index (κ2) is 68.0. The van der Waals surface area contributed by atoms with Gasteiger partial charge in [0, 0.05) is 119 Å². The van der Waals surface area contributed by atoms with Gasteiger partial charge in [-0.1, -0.05) is 160 Å². The predicted octanol–water partition coefficient (Wildman–Crippen LogP) is 10.1. The third-order valence-corrected chi connectivity index (χ3v) is 16.9. The number of piperidine rings is 3. The zero-order valence-corrected chi connectivity index (χ0v) is 67.8. The number of nitrogens with zero attached hydrogens (tertiary/aromatic N) is 7. The summed E-state index contributed by atoms with van der Waals surface area (Å²) in [6.45, 7) is 41.0. The summed E-state index contributed by atoms with van der Waals surface area (Å²) in [7, 11) is 1.70. The van der Waals surface area contributed by atoms with Crippen LogP contribution in [0.4, 0.5) is 19.2 Å². The first-order valence-corrected chi connectivity index (χ1v) is 37.0. The Labute approximate surface area is 661 Å². The second-order valence-electron chi connectivity index (χ2n) is 25.9. The van der Waals surface area contributed by atoms with Crippen molar-refractivity contribution in [1.82, 2.24) is 34.3 Å². The summed E-state index contributed by atoms with van der Waals surface area (Å²) in [6.07, 6.45) is 11.9. The molecule has 4 aliphatic rings. The number of aliphatic hydroxyl groups is 1. The summed E-state index contributed by atoms with van der Waals surface area (Å²) < 4.78 is 35.0. The Hall–Kier alpha value is -6.36. The fourth-order valence-electron chi connectivity index (χ4n) is 10.7. The van der Waals surface area contributed by atoms with Crippen LogP contribution in [0.25, 0.3) is 0 Å². The Balaban J connectivity index is -0.000000625. The smallest absolute Gasteiger partial charge is 0.702 e. The van der Waals surface area contributed by atoms with E-state index in [0.717, 1.165) is 167 Å². The molecule has 4 fully saturated rings. The largest absolute Gasteiger partial charge is 1.00 e. The van der Waals surface area contributed by atoms with E-state index >= 15 is 0 Å². The molecule has 4 amide bonds. The van der Waals surface area contributed by atoms with Gasteiger partial charge in [-0.25, -0.2) is 19.2 Å². The number of nitrogens with two attached hydrogens (primary N) is 1. The maximum Gasteiger partial charge on any atom is 1.00 e. The molecule has 0 aromatic heterocycles. The molecule has 27 heteroatoms. The van der Waals surface area contributed by atoms with Crippen molar-refractivity contribution in [1.29, 1.82) is 0 Å². The van der Waals surface area contributed by atoms with Crippen molar-refractivity contribution in [3.05, 3.63) is 108 Å². The van der Waals surface area contributed by atoms with E-state index in [0.29, 0.717) is 66.1 Å². The third-order valence-electron chi connectivity index (χ3n) is 16.9. The number of aliphatic carboxylic acids is 1. The van der Waals surface area contributed by atoms with Crippen LogP contribution in [0.2, 0.25) is 0 Å². The molecule has 4 N–H and O–H groups in total. The van der Waals surface area contributed by atoms with Gasteiger partial charge in [0.25, 0.3) is 17.9 Å². The van der Waals surface area contributed by atoms with E-state index in [2.05, 4.69) is 65.6 Å². The number of likely N-dealkylation sites (tertiary alicyclic amines) is 3. The van der Waals surface area contributed by atoms with Gasteiger partial charge >= 0.3 is 53.9 Å². The van der Waals surface area contributed by atoms with Crippen LogP contribution < -0.4 is 35.3 Å². The zero-order chi connectivity index (χ0) is 77.1. The van der Waals surface area contributed by atoms with Gasteiger partial charge in [0.2, 0.25) is 0 Å². The Morgan fingerprint density at radius 2 is 0.877 bits per heavy atom. The van der Waals surface area contributed by atoms with E-state index in [-0.39, 0.29) is 81.3 Å². The first-order chi connectivity index (χ1) is 49.4. The summed E-state index contributed by atoms with van der Waals surface area (Å²) in [6, 6.07) is 29.2. The Kier molecular flexibility index (Phi) is 68.0. The number of amides is 4. The van der Waals surface area contributed by atoms with Crippen molar-refractivity contribution in [3.8, 4) is 0 Å². The number of aliphatic hydroxyl groups excluding tert-OH is 1. The van der Waals surface area contributed by atoms with Crippen LogP contribution in [-0.4, -0.2) is 244 Å². The van der Waals surface area contributed by atoms with Gasteiger partial charge < -0.3 is 88.0 Å². The summed E-state index contributed by atoms with van der Waals surface area (Å²) in [5.74, 6) is -0.650. The van der Waals surface area contributed by atoms with E-state index in [1.165, 1.54) is 52.5 Å². The molecule has 4 aliphatic heterocycles. The van der Waals surface area contributed by atoms with Crippen LogP contribution in [0.15, 0.2) is 91.0 Å². The van der Waals surface area contributed by atoms with Crippen molar-refractivity contribution in [2.24, 2.45) is 23.5 Å². The van der Waals surface area contributed by atoms with E-state index < -0.39 is 23.5 Å². The molecule has 4 heterocycles. The monoisotopic (exact) mass is 1510 g/mol. The van der Waals surface area contributed by atoms with Crippen molar-refractivity contribution in [2.75, 3.05) is 138 Å². The molecule has 3 aromatic carbocycles. The minimum absolute atomic E-state index is 0. The van der Waals surface area contributed by atoms with Gasteiger partial charge in [0.05, 0.1) is 0 Å². The SMILES string of the molecule is C.C.C1CCOC1.CC(=O)O.CC(=O)O[B-]OC(C)=O.CCN(CC)CCCCC1CCN(C(=O)OCc2ccccc2)CC1.CCN(CC)CCN.CCN(CC)CCN(CC1CCN(C(=O)OCc2ccccc2)CC1)C(=O)OC(C)(C)C.CO.O=CC1CCN(C(=O)OCc2ccccc2)CC1.[Na+]. The number of hydrogen-bond acceptors (Lipinski definition) is 20. The van der Waals surface area contributed by atoms with Gasteiger partial charge in [-0.05, 0) is 153 Å². The van der Waals surface area contributed by atoms with Crippen LogP contribution >= 0.6 is 0 Å². The molecule has 4 saturated heterocycles. The standard InChI is InChI=1S/C25H41N3O4.C21H34N2O2.C14H17NO3.C6H16N2.C4H6BO4.C4H8O.C2H4O2.CH4O.2CH4.Na/c1-6-26(7-2)17-18-28(24(30)32-25(3,4)5)19-21-13-15-27(16-14-21)23(29)31-20-22-11-9-8-10-12-22;1-3-22(4-2)15-9-8-10-19-13-16-23(17-14-19)21(24)25-18-20-11-6-5-7-12-20;16-10-12-6-8-15(9-7-12)14(17)18-11-13-4-2-1-3-5-13;1-3-8(4-2)6-5-7;1-3(6)8-5-9-4(2)7;1-2-4-5-3-1;1-2(3)4;1-2;;;/h8-12,21H,6-7,13-20H2,1-5H3;5-7,11-12,19H,3-4,8-10,13-18H2,1-2H3;1-5,10,12H,6-9,11H2;3-7H2,1-2H3;1-2H3;1-4H2;1H3,(H,3,4);2H,1H3;2*1H4;/q;;;;-1;;;;;;+1. The quantitative estimate of drug-likeness (QED) is 0.0277. The second-order valence-corrected chi connectivity index (χ2v) is 25.9. The number of carbonyl (C=O) groups excluding carboxylic acids is 7. The molecule has 106 heavy (non-hydrogen) atoms. The van der Waals surface area contributed by atoms with Gasteiger partial charge in [-0.15, -0.1) is 0 Å². The van der Waals surface area contributed by atoms with Crippen LogP contribution in [-0.2, 0) is 72.0 Å². The van der Waals surface area contributed by atoms with Gasteiger partial charge in [0.15, 0.2) is 0 Å². The van der Waals surface area contributed by atoms with Gasteiger partial charge in [-0.2, -0.15) is 0 Å². The summed E-state index contributed by atoms with van der Waals surface area (Å²) in [4.78, 5) is 103. The first kappa shape index (κ1) is 106. The summed E-state index contributed by atoms with van der Waals surface area (Å²) >= 11 is 0. The molecule has 7 rings (SSSR count). The van der Waals surface area contributed by atoms with E-state index in [1.54, 1.807) is 9.80 Å². The van der Waals surface area contributed by atoms with Crippen molar-refractivity contribution in [2.45, 2.75) is 194 Å². The molecule has 0 spiro atoms. The summed E-state index contributed by atoms with van der Waals surface area (Å²) in [5, 5.41) is 14.4. The minimum Gasteiger partial charge on any atom is -0.702 e. The fraction of sp³-hybridized carbons (Fsp3) is 0.671. The molecular formula is C79H138BN8NaO17. The van der Waals surface area contributed by atoms with Crippen molar-refractivity contribution in [3.63, 3.8) is 0 Å². The molecule has 25 nitrogen and oxygen atoms in total. The van der Waals surface area contributed by atoms with E-state index in [9.17, 15) is 33.6 Å². The average Bonchev–Trinajstić information content (AvgIpc) is 1.42. The molecule has 3 aromatic rings. The van der Waals surface area contributed by atoms with Gasteiger partial charge in [0.1, 0.15) is 39.4 Å². The number of unbranched alkanes of at least 4 members (excludes halogenated alkanes) is 1. The van der Waals surface area contributed by atoms with Crippen molar-refractivity contribution < 1.29 is 111 Å². The minimum atomic E-state index is -0.833. The normalized spacial score (nSPS) is 13.9. The Morgan fingerprint density at radius 1 is 0.538 bits per heavy atom. The van der Waals surface area contributed by atoms with E-state index in [4.69, 9.17) is 44.4 Å². The number of carboxylic acids is 1.